The summed E-state index contributed by atoms with van der Waals surface area (Å²) in [6, 6.07) is 9.53. The molecule has 52 heavy (non-hydrogen) atoms. The first kappa shape index (κ1) is 40.9. The topological polar surface area (TPSA) is 181 Å². The zero-order valence-corrected chi connectivity index (χ0v) is 32.4. The van der Waals surface area contributed by atoms with Crippen molar-refractivity contribution < 1.29 is 32.6 Å². The monoisotopic (exact) mass is 741 g/mol. The molecule has 0 unspecified atom stereocenters. The van der Waals surface area contributed by atoms with Gasteiger partial charge in [0, 0.05) is 30.6 Å². The van der Waals surface area contributed by atoms with Crippen molar-refractivity contribution in [1.29, 1.82) is 0 Å². The molecule has 1 atom stereocenters. The van der Waals surface area contributed by atoms with Gasteiger partial charge in [0.1, 0.15) is 24.0 Å². The van der Waals surface area contributed by atoms with E-state index in [-0.39, 0.29) is 36.8 Å². The van der Waals surface area contributed by atoms with Gasteiger partial charge in [0.2, 0.25) is 5.96 Å². The molecule has 13 heteroatoms. The van der Waals surface area contributed by atoms with Crippen molar-refractivity contribution in [3.8, 4) is 5.75 Å². The molecule has 1 amide bonds. The van der Waals surface area contributed by atoms with Crippen molar-refractivity contribution >= 4 is 28.0 Å². The molecule has 0 spiro atoms. The third-order valence-electron chi connectivity index (χ3n) is 10.2. The number of aliphatic carboxylic acids is 1. The maximum absolute atomic E-state index is 13.3. The molecule has 2 aromatic carbocycles. The largest absolute Gasteiger partial charge is 0.487 e. The van der Waals surface area contributed by atoms with E-state index in [0.717, 1.165) is 34.5 Å². The summed E-state index contributed by atoms with van der Waals surface area (Å²) in [4.78, 5) is 27.8. The number of nitrogens with one attached hydrogen (secondary N) is 3. The number of aliphatic imine (C=N–C) groups is 1. The van der Waals surface area contributed by atoms with Crippen LogP contribution in [-0.4, -0.2) is 61.8 Å². The molecule has 2 aromatic rings. The van der Waals surface area contributed by atoms with Crippen molar-refractivity contribution in [2.45, 2.75) is 153 Å². The molecule has 1 aliphatic heterocycles. The standard InChI is InChI=1S/C27H36N4O7S.C12H23N/c1-16-17(2)23(18(3)20-14-27(4,5)38-22(16)20)39(35,36)31-25(28)29-13-9-12-21(24(32)33)30-26(34)37-15-19-10-7-6-8-11-19;1-3-7-11(8-4-1)13-12-9-5-2-6-10-12/h6-8,10-11,21H,9,12-15H2,1-5H3,(H,30,34)(H,32,33)(H3,28,29,31);11-13H,1-10H2/t21-;/m0./s1. The first-order chi connectivity index (χ1) is 24.7. The number of carbonyl (C=O) groups excluding carboxylic acids is 1. The second-order valence-corrected chi connectivity index (χ2v) is 16.6. The predicted octanol–water partition coefficient (Wildman–Crippen LogP) is 6.32. The summed E-state index contributed by atoms with van der Waals surface area (Å²) < 4.78 is 40.0. The van der Waals surface area contributed by atoms with E-state index in [1.54, 1.807) is 38.1 Å². The molecule has 5 rings (SSSR count). The first-order valence-corrected chi connectivity index (χ1v) is 20.3. The summed E-state index contributed by atoms with van der Waals surface area (Å²) in [5.41, 5.74) is 9.00. The van der Waals surface area contributed by atoms with Gasteiger partial charge in [-0.25, -0.2) is 22.7 Å². The number of carboxylic acid groups (broad SMARTS) is 1. The minimum atomic E-state index is -4.04. The Hall–Kier alpha value is -3.84. The van der Waals surface area contributed by atoms with Gasteiger partial charge >= 0.3 is 12.1 Å². The number of carboxylic acids is 1. The van der Waals surface area contributed by atoms with E-state index in [1.807, 2.05) is 26.8 Å². The van der Waals surface area contributed by atoms with Crippen LogP contribution in [0.5, 0.6) is 5.75 Å². The van der Waals surface area contributed by atoms with E-state index in [1.165, 1.54) is 64.2 Å². The van der Waals surface area contributed by atoms with Crippen molar-refractivity contribution in [1.82, 2.24) is 15.4 Å². The van der Waals surface area contributed by atoms with Crippen LogP contribution in [0.15, 0.2) is 40.2 Å². The molecule has 0 aromatic heterocycles. The number of fused-ring (bicyclic) bond motifs is 1. The fraction of sp³-hybridized carbons (Fsp3) is 0.615. The Morgan fingerprint density at radius 1 is 0.962 bits per heavy atom. The van der Waals surface area contributed by atoms with Crippen molar-refractivity contribution in [2.24, 2.45) is 10.7 Å². The summed E-state index contributed by atoms with van der Waals surface area (Å²) in [5.74, 6) is -0.818. The van der Waals surface area contributed by atoms with E-state index in [4.69, 9.17) is 15.2 Å². The Labute approximate surface area is 309 Å². The molecule has 6 N–H and O–H groups in total. The lowest BCUT2D eigenvalue weighted by molar-refractivity contribution is -0.139. The van der Waals surface area contributed by atoms with E-state index < -0.39 is 33.7 Å². The number of carbonyl (C=O) groups is 2. The number of sulfonamides is 1. The van der Waals surface area contributed by atoms with Crippen molar-refractivity contribution in [3.05, 3.63) is 58.1 Å². The van der Waals surface area contributed by atoms with Crippen LogP contribution < -0.4 is 25.8 Å². The Morgan fingerprint density at radius 2 is 1.56 bits per heavy atom. The molecule has 0 bridgehead atoms. The van der Waals surface area contributed by atoms with Crippen LogP contribution in [0, 0.1) is 20.8 Å². The summed E-state index contributed by atoms with van der Waals surface area (Å²) in [7, 11) is -4.04. The van der Waals surface area contributed by atoms with Crippen LogP contribution in [0.2, 0.25) is 0 Å². The number of benzene rings is 2. The van der Waals surface area contributed by atoms with Gasteiger partial charge in [-0.1, -0.05) is 68.9 Å². The lowest BCUT2D eigenvalue weighted by Crippen LogP contribution is -2.41. The number of hydrogen-bond acceptors (Lipinski definition) is 8. The van der Waals surface area contributed by atoms with Crippen molar-refractivity contribution in [3.63, 3.8) is 0 Å². The van der Waals surface area contributed by atoms with Gasteiger partial charge in [0.05, 0.1) is 4.90 Å². The number of guanidine groups is 1. The molecule has 2 fully saturated rings. The van der Waals surface area contributed by atoms with Gasteiger partial charge in [-0.05, 0) is 95.4 Å². The van der Waals surface area contributed by atoms with E-state index in [9.17, 15) is 23.1 Å². The highest BCUT2D eigenvalue weighted by Gasteiger charge is 2.36. The molecule has 12 nitrogen and oxygen atoms in total. The first-order valence-electron chi connectivity index (χ1n) is 18.8. The molecular weight excluding hydrogens is 683 g/mol. The Bertz CT molecular complexity index is 1630. The second-order valence-electron chi connectivity index (χ2n) is 15.0. The average molecular weight is 742 g/mol. The highest BCUT2D eigenvalue weighted by molar-refractivity contribution is 7.90. The number of ether oxygens (including phenoxy) is 2. The van der Waals surface area contributed by atoms with E-state index in [0.29, 0.717) is 17.5 Å². The fourth-order valence-electron chi connectivity index (χ4n) is 7.40. The minimum Gasteiger partial charge on any atom is -0.487 e. The number of nitrogens with two attached hydrogens (primary N) is 1. The predicted molar refractivity (Wildman–Crippen MR) is 203 cm³/mol. The van der Waals surface area contributed by atoms with E-state index >= 15 is 0 Å². The van der Waals surface area contributed by atoms with Gasteiger partial charge in [-0.2, -0.15) is 0 Å². The molecule has 0 saturated heterocycles. The van der Waals surface area contributed by atoms with Crippen LogP contribution in [0.4, 0.5) is 4.79 Å². The molecule has 3 aliphatic rings. The van der Waals surface area contributed by atoms with Crippen LogP contribution in [0.1, 0.15) is 119 Å². The Morgan fingerprint density at radius 3 is 2.13 bits per heavy atom. The highest BCUT2D eigenvalue weighted by atomic mass is 32.2. The zero-order chi connectivity index (χ0) is 37.9. The van der Waals surface area contributed by atoms with Crippen LogP contribution in [-0.2, 0) is 32.6 Å². The average Bonchev–Trinajstić information content (AvgIpc) is 3.44. The van der Waals surface area contributed by atoms with Gasteiger partial charge < -0.3 is 30.9 Å². The lowest BCUT2D eigenvalue weighted by Gasteiger charge is -2.30. The third kappa shape index (κ3) is 11.8. The lowest BCUT2D eigenvalue weighted by atomic mass is 9.91. The minimum absolute atomic E-state index is 0.00740. The molecule has 2 aliphatic carbocycles. The molecule has 288 valence electrons. The third-order valence-corrected chi connectivity index (χ3v) is 11.8. The molecule has 0 radical (unpaired) electrons. The quantitative estimate of drug-likeness (QED) is 0.0945. The normalized spacial score (nSPS) is 18.3. The number of rotatable bonds is 12. The maximum Gasteiger partial charge on any atom is 0.408 e. The number of hydrogen-bond donors (Lipinski definition) is 5. The zero-order valence-electron chi connectivity index (χ0n) is 31.6. The molecular formula is C39H59N5O7S. The summed E-state index contributed by atoms with van der Waals surface area (Å²) in [6.07, 6.45) is 14.6. The van der Waals surface area contributed by atoms with Gasteiger partial charge in [-0.3, -0.25) is 4.99 Å². The Balaban J connectivity index is 0.000000386. The summed E-state index contributed by atoms with van der Waals surface area (Å²) >= 11 is 0. The Kier molecular flexibility index (Phi) is 14.8. The van der Waals surface area contributed by atoms with Gasteiger partial charge in [0.15, 0.2) is 0 Å². The SMILES string of the molecule is C1CCC(NC2CCCCC2)CC1.Cc1c(C)c(S(=O)(=O)NC(N)=NCCC[C@H](NC(=O)OCc2ccccc2)C(=O)O)c(C)c2c1OC(C)(C)C2. The number of amides is 1. The number of nitrogens with zero attached hydrogens (tertiary/aromatic N) is 1. The van der Waals surface area contributed by atoms with Crippen LogP contribution >= 0.6 is 0 Å². The fourth-order valence-corrected chi connectivity index (χ4v) is 8.92. The van der Waals surface area contributed by atoms with Gasteiger partial charge in [0.25, 0.3) is 10.0 Å². The van der Waals surface area contributed by atoms with E-state index in [2.05, 4.69) is 20.3 Å². The smallest absolute Gasteiger partial charge is 0.408 e. The van der Waals surface area contributed by atoms with Crippen LogP contribution in [0.3, 0.4) is 0 Å². The second kappa shape index (κ2) is 18.8. The van der Waals surface area contributed by atoms with Crippen molar-refractivity contribution in [2.75, 3.05) is 6.54 Å². The van der Waals surface area contributed by atoms with Crippen LogP contribution in [0.25, 0.3) is 0 Å². The maximum atomic E-state index is 13.3. The molecule has 2 saturated carbocycles. The van der Waals surface area contributed by atoms with Gasteiger partial charge in [-0.15, -0.1) is 0 Å². The number of alkyl carbamates (subject to hydrolysis) is 1. The summed E-state index contributed by atoms with van der Waals surface area (Å²) in [5, 5.41) is 15.6. The highest BCUT2D eigenvalue weighted by Crippen LogP contribution is 2.43. The molecule has 1 heterocycles. The summed E-state index contributed by atoms with van der Waals surface area (Å²) in [6.45, 7) is 9.27.